The third-order valence-electron chi connectivity index (χ3n) is 4.44. The van der Waals surface area contributed by atoms with Crippen molar-refractivity contribution >= 4 is 17.7 Å². The quantitative estimate of drug-likeness (QED) is 0.462. The van der Waals surface area contributed by atoms with Crippen LogP contribution in [0.25, 0.3) is 0 Å². The number of likely N-dealkylation sites (tertiary alicyclic amines) is 1. The van der Waals surface area contributed by atoms with Gasteiger partial charge in [0, 0.05) is 39.3 Å². The van der Waals surface area contributed by atoms with Gasteiger partial charge in [0.05, 0.1) is 0 Å². The minimum Gasteiger partial charge on any atom is -0.356 e. The first-order chi connectivity index (χ1) is 10.3. The van der Waals surface area contributed by atoms with Crippen LogP contribution in [0.5, 0.6) is 0 Å². The van der Waals surface area contributed by atoms with Crippen molar-refractivity contribution < 1.29 is 0 Å². The molecule has 0 radical (unpaired) electrons. The van der Waals surface area contributed by atoms with Crippen molar-refractivity contribution in [1.29, 1.82) is 0 Å². The lowest BCUT2D eigenvalue weighted by Gasteiger charge is -2.32. The SMILES string of the molecule is C=CCN1CCC(NC(=NC)NCC2CCSCC2)CC1. The van der Waals surface area contributed by atoms with Gasteiger partial charge in [0.15, 0.2) is 5.96 Å². The van der Waals surface area contributed by atoms with E-state index in [0.29, 0.717) is 6.04 Å². The molecule has 0 aromatic rings. The van der Waals surface area contributed by atoms with E-state index in [1.165, 1.54) is 37.2 Å². The Morgan fingerprint density at radius 3 is 2.62 bits per heavy atom. The van der Waals surface area contributed by atoms with Gasteiger partial charge < -0.3 is 10.6 Å². The summed E-state index contributed by atoms with van der Waals surface area (Å²) in [7, 11) is 1.87. The molecule has 0 aromatic heterocycles. The average Bonchev–Trinajstić information content (AvgIpc) is 2.54. The molecule has 21 heavy (non-hydrogen) atoms. The first-order valence-electron chi connectivity index (χ1n) is 8.20. The molecular formula is C16H30N4S. The second-order valence-corrected chi connectivity index (χ2v) is 7.24. The molecule has 2 rings (SSSR count). The van der Waals surface area contributed by atoms with Gasteiger partial charge in [-0.15, -0.1) is 6.58 Å². The van der Waals surface area contributed by atoms with Crippen molar-refractivity contribution in [2.75, 3.05) is 44.7 Å². The molecule has 5 heteroatoms. The number of rotatable bonds is 5. The van der Waals surface area contributed by atoms with Gasteiger partial charge in [-0.05, 0) is 43.1 Å². The van der Waals surface area contributed by atoms with Gasteiger partial charge in [0.2, 0.25) is 0 Å². The van der Waals surface area contributed by atoms with Gasteiger partial charge in [-0.2, -0.15) is 11.8 Å². The van der Waals surface area contributed by atoms with Crippen LogP contribution in [-0.2, 0) is 0 Å². The molecule has 2 heterocycles. The molecule has 0 bridgehead atoms. The molecule has 2 saturated heterocycles. The summed E-state index contributed by atoms with van der Waals surface area (Å²) in [5.74, 6) is 4.44. The summed E-state index contributed by atoms with van der Waals surface area (Å²) < 4.78 is 0. The summed E-state index contributed by atoms with van der Waals surface area (Å²) in [5, 5.41) is 7.11. The smallest absolute Gasteiger partial charge is 0.191 e. The van der Waals surface area contributed by atoms with Crippen LogP contribution in [0.15, 0.2) is 17.6 Å². The second kappa shape index (κ2) is 9.36. The zero-order valence-corrected chi connectivity index (χ0v) is 14.1. The Balaban J connectivity index is 1.66. The van der Waals surface area contributed by atoms with Crippen LogP contribution in [0.3, 0.4) is 0 Å². The summed E-state index contributed by atoms with van der Waals surface area (Å²) in [6, 6.07) is 0.555. The van der Waals surface area contributed by atoms with Crippen molar-refractivity contribution in [1.82, 2.24) is 15.5 Å². The van der Waals surface area contributed by atoms with Crippen LogP contribution in [0.1, 0.15) is 25.7 Å². The van der Waals surface area contributed by atoms with Gasteiger partial charge in [-0.25, -0.2) is 0 Å². The lowest BCUT2D eigenvalue weighted by Crippen LogP contribution is -2.49. The summed E-state index contributed by atoms with van der Waals surface area (Å²) in [4.78, 5) is 6.84. The number of nitrogens with zero attached hydrogens (tertiary/aromatic N) is 2. The number of piperidine rings is 1. The van der Waals surface area contributed by atoms with E-state index in [4.69, 9.17) is 0 Å². The van der Waals surface area contributed by atoms with Crippen molar-refractivity contribution in [3.05, 3.63) is 12.7 Å². The van der Waals surface area contributed by atoms with Crippen LogP contribution in [0, 0.1) is 5.92 Å². The molecule has 0 amide bonds. The molecule has 0 aliphatic carbocycles. The van der Waals surface area contributed by atoms with E-state index in [1.807, 2.05) is 13.1 Å². The maximum atomic E-state index is 4.38. The third kappa shape index (κ3) is 5.91. The fourth-order valence-corrected chi connectivity index (χ4v) is 4.23. The second-order valence-electron chi connectivity index (χ2n) is 6.02. The fraction of sp³-hybridized carbons (Fsp3) is 0.812. The number of thioether (sulfide) groups is 1. The van der Waals surface area contributed by atoms with Gasteiger partial charge in [0.1, 0.15) is 0 Å². The molecule has 2 fully saturated rings. The topological polar surface area (TPSA) is 39.7 Å². The normalized spacial score (nSPS) is 23.0. The van der Waals surface area contributed by atoms with Crippen LogP contribution in [0.4, 0.5) is 0 Å². The Kier molecular flexibility index (Phi) is 7.44. The lowest BCUT2D eigenvalue weighted by molar-refractivity contribution is 0.225. The highest BCUT2D eigenvalue weighted by Gasteiger charge is 2.19. The highest BCUT2D eigenvalue weighted by atomic mass is 32.2. The fourth-order valence-electron chi connectivity index (χ4n) is 3.02. The first-order valence-corrected chi connectivity index (χ1v) is 9.35. The maximum Gasteiger partial charge on any atom is 0.191 e. The Labute approximate surface area is 133 Å². The molecule has 2 aliphatic heterocycles. The molecule has 0 spiro atoms. The van der Waals surface area contributed by atoms with Crippen LogP contribution >= 0.6 is 11.8 Å². The zero-order chi connectivity index (χ0) is 14.9. The van der Waals surface area contributed by atoms with Crippen LogP contribution in [-0.4, -0.2) is 61.6 Å². The highest BCUT2D eigenvalue weighted by Crippen LogP contribution is 2.21. The van der Waals surface area contributed by atoms with Crippen molar-refractivity contribution in [2.45, 2.75) is 31.7 Å². The summed E-state index contributed by atoms with van der Waals surface area (Å²) in [6.07, 6.45) is 7.06. The molecule has 2 aliphatic rings. The molecular weight excluding hydrogens is 280 g/mol. The van der Waals surface area contributed by atoms with E-state index in [0.717, 1.165) is 38.1 Å². The average molecular weight is 311 g/mol. The van der Waals surface area contributed by atoms with Crippen molar-refractivity contribution in [2.24, 2.45) is 10.9 Å². The van der Waals surface area contributed by atoms with Gasteiger partial charge >= 0.3 is 0 Å². The number of guanidine groups is 1. The molecule has 120 valence electrons. The Morgan fingerprint density at radius 1 is 1.29 bits per heavy atom. The molecule has 0 saturated carbocycles. The Hall–Kier alpha value is -0.680. The van der Waals surface area contributed by atoms with Crippen LogP contribution < -0.4 is 10.6 Å². The highest BCUT2D eigenvalue weighted by molar-refractivity contribution is 7.99. The van der Waals surface area contributed by atoms with E-state index in [2.05, 4.69) is 38.9 Å². The predicted octanol–water partition coefficient (Wildman–Crippen LogP) is 1.94. The Bertz CT molecular complexity index is 331. The van der Waals surface area contributed by atoms with E-state index in [1.54, 1.807) is 0 Å². The minimum absolute atomic E-state index is 0.555. The number of hydrogen-bond donors (Lipinski definition) is 2. The molecule has 0 atom stereocenters. The van der Waals surface area contributed by atoms with E-state index in [9.17, 15) is 0 Å². The maximum absolute atomic E-state index is 4.38. The first kappa shape index (κ1) is 16.7. The van der Waals surface area contributed by atoms with Crippen molar-refractivity contribution in [3.8, 4) is 0 Å². The molecule has 0 unspecified atom stereocenters. The molecule has 0 aromatic carbocycles. The molecule has 2 N–H and O–H groups in total. The summed E-state index contributed by atoms with van der Waals surface area (Å²) >= 11 is 2.09. The standard InChI is InChI=1S/C16H30N4S/c1-3-8-20-9-4-15(5-10-20)19-16(17-2)18-13-14-6-11-21-12-7-14/h3,14-15H,1,4-13H2,2H3,(H2,17,18,19). The Morgan fingerprint density at radius 2 is 2.00 bits per heavy atom. The van der Waals surface area contributed by atoms with Crippen LogP contribution in [0.2, 0.25) is 0 Å². The van der Waals surface area contributed by atoms with Gasteiger partial charge in [0.25, 0.3) is 0 Å². The molecule has 4 nitrogen and oxygen atoms in total. The van der Waals surface area contributed by atoms with E-state index >= 15 is 0 Å². The monoisotopic (exact) mass is 310 g/mol. The summed E-state index contributed by atoms with van der Waals surface area (Å²) in [6.45, 7) is 8.20. The predicted molar refractivity (Wildman–Crippen MR) is 94.2 cm³/mol. The van der Waals surface area contributed by atoms with Crippen molar-refractivity contribution in [3.63, 3.8) is 0 Å². The zero-order valence-electron chi connectivity index (χ0n) is 13.3. The van der Waals surface area contributed by atoms with E-state index in [-0.39, 0.29) is 0 Å². The van der Waals surface area contributed by atoms with E-state index < -0.39 is 0 Å². The van der Waals surface area contributed by atoms with Gasteiger partial charge in [-0.1, -0.05) is 6.08 Å². The largest absolute Gasteiger partial charge is 0.356 e. The third-order valence-corrected chi connectivity index (χ3v) is 5.49. The number of nitrogens with one attached hydrogen (secondary N) is 2. The van der Waals surface area contributed by atoms with Gasteiger partial charge in [-0.3, -0.25) is 9.89 Å². The lowest BCUT2D eigenvalue weighted by atomic mass is 10.0. The number of aliphatic imine (C=N–C) groups is 1. The minimum atomic E-state index is 0.555. The number of hydrogen-bond acceptors (Lipinski definition) is 3. The summed E-state index contributed by atoms with van der Waals surface area (Å²) in [5.41, 5.74) is 0.